The Labute approximate surface area is 136 Å². The smallest absolute Gasteiger partial charge is 0.271 e. The fourth-order valence-corrected chi connectivity index (χ4v) is 3.35. The summed E-state index contributed by atoms with van der Waals surface area (Å²) < 4.78 is 2.27. The van der Waals surface area contributed by atoms with Crippen molar-refractivity contribution in [2.75, 3.05) is 6.54 Å². The number of carbonyl (C=O) groups is 1. The summed E-state index contributed by atoms with van der Waals surface area (Å²) in [6.07, 6.45) is 6.97. The Bertz CT molecular complexity index is 701. The lowest BCUT2D eigenvalue weighted by Crippen LogP contribution is -2.27. The number of carbonyl (C=O) groups excluding carboxylic acids is 1. The first kappa shape index (κ1) is 14.5. The maximum atomic E-state index is 12.6. The van der Waals surface area contributed by atoms with Crippen molar-refractivity contribution < 1.29 is 4.79 Å². The minimum Gasteiger partial charge on any atom is -0.350 e. The molecule has 0 unspecified atom stereocenters. The van der Waals surface area contributed by atoms with E-state index in [9.17, 15) is 4.79 Å². The van der Waals surface area contributed by atoms with Crippen molar-refractivity contribution in [1.82, 2.24) is 14.9 Å². The first-order chi connectivity index (χ1) is 11.3. The number of nitrogens with one attached hydrogen (secondary N) is 1. The largest absolute Gasteiger partial charge is 0.350 e. The molecule has 1 amide bonds. The van der Waals surface area contributed by atoms with Crippen LogP contribution in [0.25, 0.3) is 11.4 Å². The molecule has 1 aromatic heterocycles. The third-order valence-electron chi connectivity index (χ3n) is 4.86. The first-order valence-electron chi connectivity index (χ1n) is 8.76. The van der Waals surface area contributed by atoms with Crippen LogP contribution in [0, 0.1) is 5.92 Å². The van der Waals surface area contributed by atoms with E-state index in [1.54, 1.807) is 0 Å². The van der Waals surface area contributed by atoms with Crippen molar-refractivity contribution in [2.24, 2.45) is 5.92 Å². The van der Waals surface area contributed by atoms with Crippen LogP contribution < -0.4 is 5.32 Å². The Kier molecular flexibility index (Phi) is 3.90. The normalized spacial score (nSPS) is 17.4. The van der Waals surface area contributed by atoms with Crippen molar-refractivity contribution in [2.45, 2.75) is 45.1 Å². The number of amides is 1. The van der Waals surface area contributed by atoms with Crippen molar-refractivity contribution in [3.8, 4) is 11.4 Å². The van der Waals surface area contributed by atoms with Crippen LogP contribution in [0.4, 0.5) is 0 Å². The van der Waals surface area contributed by atoms with Gasteiger partial charge in [0.25, 0.3) is 5.91 Å². The summed E-state index contributed by atoms with van der Waals surface area (Å²) in [4.78, 5) is 17.4. The molecule has 2 aromatic rings. The summed E-state index contributed by atoms with van der Waals surface area (Å²) in [5.74, 6) is 1.64. The minimum absolute atomic E-state index is 0.00438. The van der Waals surface area contributed by atoms with Crippen molar-refractivity contribution in [3.63, 3.8) is 0 Å². The standard InChI is InChI=1S/C19H23N3O/c23-19(20-13-14-10-11-14)17-16-9-5-2-6-12-22(16)18(21-17)15-7-3-1-4-8-15/h1,3-4,7-8,14H,2,5-6,9-13H2,(H,20,23). The number of hydrogen-bond acceptors (Lipinski definition) is 2. The lowest BCUT2D eigenvalue weighted by Gasteiger charge is -2.09. The fraction of sp³-hybridized carbons (Fsp3) is 0.474. The summed E-state index contributed by atoms with van der Waals surface area (Å²) in [7, 11) is 0. The van der Waals surface area contributed by atoms with Gasteiger partial charge in [-0.1, -0.05) is 36.8 Å². The molecule has 4 heteroatoms. The van der Waals surface area contributed by atoms with Gasteiger partial charge in [0, 0.05) is 18.7 Å². The van der Waals surface area contributed by atoms with Gasteiger partial charge in [-0.2, -0.15) is 0 Å². The van der Waals surface area contributed by atoms with E-state index >= 15 is 0 Å². The SMILES string of the molecule is O=C(NCC1CC1)c1nc(-c2ccccc2)n2c1CCCCC2. The topological polar surface area (TPSA) is 46.9 Å². The quantitative estimate of drug-likeness (QED) is 0.940. The molecule has 1 fully saturated rings. The lowest BCUT2D eigenvalue weighted by atomic mass is 10.1. The van der Waals surface area contributed by atoms with E-state index < -0.39 is 0 Å². The van der Waals surface area contributed by atoms with Crippen molar-refractivity contribution >= 4 is 5.91 Å². The Morgan fingerprint density at radius 2 is 2.00 bits per heavy atom. The van der Waals surface area contributed by atoms with Gasteiger partial charge in [0.05, 0.1) is 5.69 Å². The molecule has 120 valence electrons. The molecule has 23 heavy (non-hydrogen) atoms. The van der Waals surface area contributed by atoms with Gasteiger partial charge in [-0.05, 0) is 38.0 Å². The molecule has 0 spiro atoms. The van der Waals surface area contributed by atoms with Gasteiger partial charge in [0.15, 0.2) is 0 Å². The summed E-state index contributed by atoms with van der Waals surface area (Å²) in [5, 5.41) is 3.08. The van der Waals surface area contributed by atoms with Crippen LogP contribution >= 0.6 is 0 Å². The van der Waals surface area contributed by atoms with Gasteiger partial charge in [0.1, 0.15) is 11.5 Å². The second-order valence-electron chi connectivity index (χ2n) is 6.71. The van der Waals surface area contributed by atoms with E-state index in [4.69, 9.17) is 4.98 Å². The zero-order valence-corrected chi connectivity index (χ0v) is 13.4. The molecule has 1 aromatic carbocycles. The van der Waals surface area contributed by atoms with E-state index in [1.807, 2.05) is 18.2 Å². The lowest BCUT2D eigenvalue weighted by molar-refractivity contribution is 0.0946. The maximum Gasteiger partial charge on any atom is 0.271 e. The average Bonchev–Trinajstić information content (AvgIpc) is 3.38. The number of benzene rings is 1. The van der Waals surface area contributed by atoms with E-state index in [0.717, 1.165) is 49.4 Å². The van der Waals surface area contributed by atoms with Crippen LogP contribution in [0.1, 0.15) is 48.3 Å². The maximum absolute atomic E-state index is 12.6. The highest BCUT2D eigenvalue weighted by Gasteiger charge is 2.26. The van der Waals surface area contributed by atoms with Gasteiger partial charge in [0.2, 0.25) is 0 Å². The van der Waals surface area contributed by atoms with Gasteiger partial charge in [-0.3, -0.25) is 4.79 Å². The number of hydrogen-bond donors (Lipinski definition) is 1. The molecule has 0 saturated heterocycles. The van der Waals surface area contributed by atoms with E-state index in [2.05, 4.69) is 22.0 Å². The van der Waals surface area contributed by atoms with Gasteiger partial charge in [-0.15, -0.1) is 0 Å². The summed E-state index contributed by atoms with van der Waals surface area (Å²) in [6.45, 7) is 1.76. The van der Waals surface area contributed by atoms with Gasteiger partial charge in [-0.25, -0.2) is 4.98 Å². The molecule has 1 saturated carbocycles. The molecule has 2 aliphatic rings. The minimum atomic E-state index is 0.00438. The molecule has 2 heterocycles. The highest BCUT2D eigenvalue weighted by atomic mass is 16.1. The van der Waals surface area contributed by atoms with Crippen LogP contribution in [0.2, 0.25) is 0 Å². The van der Waals surface area contributed by atoms with Crippen LogP contribution in [-0.2, 0) is 13.0 Å². The molecule has 0 radical (unpaired) electrons. The second kappa shape index (κ2) is 6.19. The average molecular weight is 309 g/mol. The van der Waals surface area contributed by atoms with Crippen LogP contribution in [0.5, 0.6) is 0 Å². The van der Waals surface area contributed by atoms with Crippen LogP contribution in [0.15, 0.2) is 30.3 Å². The van der Waals surface area contributed by atoms with Crippen molar-refractivity contribution in [1.29, 1.82) is 0 Å². The second-order valence-corrected chi connectivity index (χ2v) is 6.71. The molecule has 1 aliphatic carbocycles. The van der Waals surface area contributed by atoms with E-state index in [1.165, 1.54) is 19.3 Å². The fourth-order valence-electron chi connectivity index (χ4n) is 3.35. The van der Waals surface area contributed by atoms with Crippen LogP contribution in [0.3, 0.4) is 0 Å². The Morgan fingerprint density at radius 3 is 2.78 bits per heavy atom. The van der Waals surface area contributed by atoms with Gasteiger partial charge < -0.3 is 9.88 Å². The predicted octanol–water partition coefficient (Wildman–Crippen LogP) is 3.42. The zero-order valence-electron chi connectivity index (χ0n) is 13.4. The number of aromatic nitrogens is 2. The molecule has 4 rings (SSSR count). The number of nitrogens with zero attached hydrogens (tertiary/aromatic N) is 2. The molecule has 1 N–H and O–H groups in total. The summed E-state index contributed by atoms with van der Waals surface area (Å²) in [5.41, 5.74) is 2.86. The number of fused-ring (bicyclic) bond motifs is 1. The van der Waals surface area contributed by atoms with Crippen molar-refractivity contribution in [3.05, 3.63) is 41.7 Å². The first-order valence-corrected chi connectivity index (χ1v) is 8.76. The predicted molar refractivity (Wildman–Crippen MR) is 90.3 cm³/mol. The third kappa shape index (κ3) is 3.03. The molecule has 1 aliphatic heterocycles. The molecular formula is C19H23N3O. The molecule has 0 bridgehead atoms. The molecule has 4 nitrogen and oxygen atoms in total. The third-order valence-corrected chi connectivity index (χ3v) is 4.86. The Balaban J connectivity index is 1.70. The monoisotopic (exact) mass is 309 g/mol. The van der Waals surface area contributed by atoms with E-state index in [-0.39, 0.29) is 5.91 Å². The Morgan fingerprint density at radius 1 is 1.17 bits per heavy atom. The number of rotatable bonds is 4. The number of imidazole rings is 1. The highest BCUT2D eigenvalue weighted by molar-refractivity contribution is 5.94. The van der Waals surface area contributed by atoms with Crippen LogP contribution in [-0.4, -0.2) is 22.0 Å². The highest BCUT2D eigenvalue weighted by Crippen LogP contribution is 2.29. The Hall–Kier alpha value is -2.10. The molecular weight excluding hydrogens is 286 g/mol. The summed E-state index contributed by atoms with van der Waals surface area (Å²) in [6, 6.07) is 10.2. The zero-order chi connectivity index (χ0) is 15.6. The van der Waals surface area contributed by atoms with E-state index in [0.29, 0.717) is 11.6 Å². The summed E-state index contributed by atoms with van der Waals surface area (Å²) >= 11 is 0. The molecule has 0 atom stereocenters. The van der Waals surface area contributed by atoms with Gasteiger partial charge >= 0.3 is 0 Å².